The van der Waals surface area contributed by atoms with Gasteiger partial charge in [-0.2, -0.15) is 0 Å². The molecule has 0 atom stereocenters. The number of ether oxygens (including phenoxy) is 1. The van der Waals surface area contributed by atoms with Gasteiger partial charge in [-0.15, -0.1) is 0 Å². The summed E-state index contributed by atoms with van der Waals surface area (Å²) in [6.07, 6.45) is 0.857. The molecule has 0 aliphatic carbocycles. The number of hydrogen-bond donors (Lipinski definition) is 0. The quantitative estimate of drug-likeness (QED) is 0.532. The molecule has 1 aliphatic rings. The molecule has 1 fully saturated rings. The van der Waals surface area contributed by atoms with Crippen LogP contribution < -0.4 is 4.90 Å². The van der Waals surface area contributed by atoms with E-state index in [1.54, 1.807) is 18.0 Å². The van der Waals surface area contributed by atoms with E-state index in [1.165, 1.54) is 11.8 Å². The molecule has 0 saturated carbocycles. The van der Waals surface area contributed by atoms with Crippen LogP contribution in [0.2, 0.25) is 0 Å². The van der Waals surface area contributed by atoms with Crippen molar-refractivity contribution >= 4 is 23.5 Å². The van der Waals surface area contributed by atoms with Crippen molar-refractivity contribution in [1.82, 2.24) is 14.9 Å². The van der Waals surface area contributed by atoms with Crippen LogP contribution in [0.5, 0.6) is 0 Å². The number of thioether (sulfide) groups is 1. The Morgan fingerprint density at radius 1 is 1.26 bits per heavy atom. The second-order valence-corrected chi connectivity index (χ2v) is 7.27. The molecule has 0 bridgehead atoms. The van der Waals surface area contributed by atoms with Gasteiger partial charge in [0.1, 0.15) is 11.6 Å². The molecule has 27 heavy (non-hydrogen) atoms. The third-order valence-corrected chi connectivity index (χ3v) is 5.35. The normalized spacial score (nSPS) is 14.4. The van der Waals surface area contributed by atoms with Crippen molar-refractivity contribution in [2.45, 2.75) is 31.2 Å². The van der Waals surface area contributed by atoms with Crippen LogP contribution in [0.15, 0.2) is 27.8 Å². The minimum Gasteiger partial charge on any atom is -0.455 e. The largest absolute Gasteiger partial charge is 0.455 e. The van der Waals surface area contributed by atoms with Crippen molar-refractivity contribution in [1.29, 1.82) is 0 Å². The van der Waals surface area contributed by atoms with E-state index in [4.69, 9.17) is 14.1 Å². The maximum atomic E-state index is 12.2. The molecule has 8 heteroatoms. The van der Waals surface area contributed by atoms with E-state index in [0.29, 0.717) is 18.1 Å². The molecule has 0 radical (unpaired) electrons. The molecule has 2 aromatic rings. The van der Waals surface area contributed by atoms with Gasteiger partial charge in [-0.1, -0.05) is 18.7 Å². The van der Waals surface area contributed by atoms with Crippen molar-refractivity contribution in [2.24, 2.45) is 0 Å². The number of hydrogen-bond acceptors (Lipinski definition) is 7. The Hall–Kier alpha value is -2.06. The molecule has 2 aromatic heterocycles. The Morgan fingerprint density at radius 2 is 2.04 bits per heavy atom. The number of aryl methyl sites for hydroxylation is 1. The summed E-state index contributed by atoms with van der Waals surface area (Å²) in [5.41, 5.74) is 1.02. The Balaban J connectivity index is 1.68. The Morgan fingerprint density at radius 3 is 2.74 bits per heavy atom. The van der Waals surface area contributed by atoms with Gasteiger partial charge in [0.2, 0.25) is 0 Å². The van der Waals surface area contributed by atoms with Gasteiger partial charge in [0, 0.05) is 38.4 Å². The molecule has 146 valence electrons. The van der Waals surface area contributed by atoms with E-state index in [-0.39, 0.29) is 5.91 Å². The zero-order valence-corrected chi connectivity index (χ0v) is 16.9. The average Bonchev–Trinajstić information content (AvgIpc) is 3.20. The zero-order chi connectivity index (χ0) is 19.2. The van der Waals surface area contributed by atoms with Gasteiger partial charge in [0.15, 0.2) is 10.9 Å². The average molecular weight is 391 g/mol. The number of furan rings is 1. The monoisotopic (exact) mass is 390 g/mol. The second kappa shape index (κ2) is 9.23. The Labute approximate surface area is 164 Å². The minimum absolute atomic E-state index is 0.104. The topological polar surface area (TPSA) is 71.7 Å². The van der Waals surface area contributed by atoms with Crippen molar-refractivity contribution in [3.63, 3.8) is 0 Å². The summed E-state index contributed by atoms with van der Waals surface area (Å²) >= 11 is 1.52. The molecule has 7 nitrogen and oxygen atoms in total. The standard InChI is InChI=1S/C19H26N4O3S/c1-4-14-12-17(23-8-10-25-11-9-23)21-19(20-14)27-13-15-6-7-16(26-15)18(24)22(3)5-2/h6-7,12H,4-5,8-11,13H2,1-3H3. The molecule has 3 rings (SSSR count). The highest BCUT2D eigenvalue weighted by Gasteiger charge is 2.17. The second-order valence-electron chi connectivity index (χ2n) is 6.33. The lowest BCUT2D eigenvalue weighted by atomic mass is 10.3. The number of carbonyl (C=O) groups is 1. The maximum absolute atomic E-state index is 12.2. The maximum Gasteiger partial charge on any atom is 0.289 e. The van der Waals surface area contributed by atoms with Gasteiger partial charge in [0.25, 0.3) is 5.91 Å². The van der Waals surface area contributed by atoms with Crippen LogP contribution >= 0.6 is 11.8 Å². The van der Waals surface area contributed by atoms with Crippen molar-refractivity contribution in [3.8, 4) is 0 Å². The minimum atomic E-state index is -0.104. The number of aromatic nitrogens is 2. The van der Waals surface area contributed by atoms with E-state index in [9.17, 15) is 4.79 Å². The molecular weight excluding hydrogens is 364 g/mol. The number of carbonyl (C=O) groups excluding carboxylic acids is 1. The van der Waals surface area contributed by atoms with Gasteiger partial charge in [0.05, 0.1) is 19.0 Å². The van der Waals surface area contributed by atoms with E-state index < -0.39 is 0 Å². The summed E-state index contributed by atoms with van der Waals surface area (Å²) in [5, 5.41) is 0.728. The third kappa shape index (κ3) is 5.01. The lowest BCUT2D eigenvalue weighted by Gasteiger charge is -2.28. The Kier molecular flexibility index (Phi) is 6.73. The lowest BCUT2D eigenvalue weighted by Crippen LogP contribution is -2.37. The van der Waals surface area contributed by atoms with Crippen molar-refractivity contribution < 1.29 is 13.9 Å². The number of rotatable bonds is 7. The fourth-order valence-electron chi connectivity index (χ4n) is 2.70. The first-order valence-corrected chi connectivity index (χ1v) is 10.3. The molecule has 3 heterocycles. The van der Waals surface area contributed by atoms with E-state index in [1.807, 2.05) is 13.0 Å². The van der Waals surface area contributed by atoms with Crippen LogP contribution in [0.25, 0.3) is 0 Å². The van der Waals surface area contributed by atoms with Gasteiger partial charge >= 0.3 is 0 Å². The molecule has 0 aromatic carbocycles. The first kappa shape index (κ1) is 19.7. The summed E-state index contributed by atoms with van der Waals surface area (Å²) in [6, 6.07) is 5.63. The first-order chi connectivity index (χ1) is 13.1. The van der Waals surface area contributed by atoms with Crippen molar-refractivity contribution in [3.05, 3.63) is 35.4 Å². The SMILES string of the molecule is CCc1cc(N2CCOCC2)nc(SCc2ccc(C(=O)N(C)CC)o2)n1. The van der Waals surface area contributed by atoms with Crippen LogP contribution in [-0.2, 0) is 16.9 Å². The highest BCUT2D eigenvalue weighted by molar-refractivity contribution is 7.98. The van der Waals surface area contributed by atoms with Crippen LogP contribution in [0, 0.1) is 0 Å². The summed E-state index contributed by atoms with van der Waals surface area (Å²) < 4.78 is 11.1. The third-order valence-electron chi connectivity index (χ3n) is 4.48. The number of amides is 1. The Bertz CT molecular complexity index is 774. The fraction of sp³-hybridized carbons (Fsp3) is 0.526. The highest BCUT2D eigenvalue weighted by atomic mass is 32.2. The molecule has 0 spiro atoms. The van der Waals surface area contributed by atoms with Crippen LogP contribution in [-0.4, -0.2) is 60.7 Å². The summed E-state index contributed by atoms with van der Waals surface area (Å²) in [5.74, 6) is 2.54. The smallest absolute Gasteiger partial charge is 0.289 e. The van der Waals surface area contributed by atoms with E-state index in [2.05, 4.69) is 22.9 Å². The van der Waals surface area contributed by atoms with Crippen LogP contribution in [0.4, 0.5) is 5.82 Å². The van der Waals surface area contributed by atoms with Crippen molar-refractivity contribution in [2.75, 3.05) is 44.8 Å². The van der Waals surface area contributed by atoms with Crippen LogP contribution in [0.1, 0.15) is 35.9 Å². The molecular formula is C19H26N4O3S. The fourth-order valence-corrected chi connectivity index (χ4v) is 3.46. The van der Waals surface area contributed by atoms with E-state index >= 15 is 0 Å². The molecule has 1 aliphatic heterocycles. The predicted molar refractivity (Wildman–Crippen MR) is 105 cm³/mol. The molecule has 1 saturated heterocycles. The molecule has 1 amide bonds. The van der Waals surface area contributed by atoms with Gasteiger partial charge in [-0.05, 0) is 25.5 Å². The zero-order valence-electron chi connectivity index (χ0n) is 16.1. The number of nitrogens with zero attached hydrogens (tertiary/aromatic N) is 4. The predicted octanol–water partition coefficient (Wildman–Crippen LogP) is 2.85. The highest BCUT2D eigenvalue weighted by Crippen LogP contribution is 2.24. The summed E-state index contributed by atoms with van der Waals surface area (Å²) in [7, 11) is 1.76. The number of morpholine rings is 1. The number of anilines is 1. The summed E-state index contributed by atoms with van der Waals surface area (Å²) in [4.78, 5) is 25.3. The van der Waals surface area contributed by atoms with Gasteiger partial charge in [-0.25, -0.2) is 9.97 Å². The summed E-state index contributed by atoms with van der Waals surface area (Å²) in [6.45, 7) is 7.81. The molecule has 0 unspecified atom stereocenters. The lowest BCUT2D eigenvalue weighted by molar-refractivity contribution is 0.0769. The van der Waals surface area contributed by atoms with E-state index in [0.717, 1.165) is 55.2 Å². The first-order valence-electron chi connectivity index (χ1n) is 9.28. The van der Waals surface area contributed by atoms with Gasteiger partial charge < -0.3 is 19.0 Å². The van der Waals surface area contributed by atoms with Crippen LogP contribution in [0.3, 0.4) is 0 Å². The van der Waals surface area contributed by atoms with Gasteiger partial charge in [-0.3, -0.25) is 4.79 Å². The molecule has 0 N–H and O–H groups in total.